The lowest BCUT2D eigenvalue weighted by Crippen LogP contribution is -2.43. The Hall–Kier alpha value is -3.80. The largest absolute Gasteiger partial charge is 0.386 e. The molecule has 4 heterocycles. The van der Waals surface area contributed by atoms with Gasteiger partial charge >= 0.3 is 0 Å². The second-order valence-corrected chi connectivity index (χ2v) is 11.0. The van der Waals surface area contributed by atoms with E-state index in [-0.39, 0.29) is 11.6 Å². The summed E-state index contributed by atoms with van der Waals surface area (Å²) in [6, 6.07) is 14.4. The maximum Gasteiger partial charge on any atom is 0.223 e. The van der Waals surface area contributed by atoms with Crippen LogP contribution in [0.1, 0.15) is 79.8 Å². The Labute approximate surface area is 223 Å². The first kappa shape index (κ1) is 24.5. The van der Waals surface area contributed by atoms with Gasteiger partial charge in [0, 0.05) is 11.7 Å². The van der Waals surface area contributed by atoms with Crippen LogP contribution in [-0.2, 0) is 0 Å². The average Bonchev–Trinajstić information content (AvgIpc) is 3.60. The van der Waals surface area contributed by atoms with E-state index in [0.717, 1.165) is 41.9 Å². The molecule has 1 aromatic carbocycles. The summed E-state index contributed by atoms with van der Waals surface area (Å²) in [6.45, 7) is 5.20. The molecule has 1 aliphatic heterocycles. The summed E-state index contributed by atoms with van der Waals surface area (Å²) in [5.74, 6) is 1.02. The predicted molar refractivity (Wildman–Crippen MR) is 147 cm³/mol. The van der Waals surface area contributed by atoms with Crippen LogP contribution in [0.15, 0.2) is 55.0 Å². The van der Waals surface area contributed by atoms with Crippen molar-refractivity contribution in [2.24, 2.45) is 0 Å². The van der Waals surface area contributed by atoms with Crippen molar-refractivity contribution in [1.82, 2.24) is 24.3 Å². The number of nitrogens with zero attached hydrogens (tertiary/aromatic N) is 6. The van der Waals surface area contributed by atoms with Gasteiger partial charge in [0.25, 0.3) is 0 Å². The monoisotopic (exact) mass is 507 g/mol. The number of rotatable bonds is 7. The SMILES string of the molecule is CC(Nc1ncc(C#N)c(-c2cnc3c(C4CC4)cccn23)n1)c1ccc([C@H](O)C2(C)CCCN2C)cc1. The van der Waals surface area contributed by atoms with Gasteiger partial charge in [0.15, 0.2) is 0 Å². The van der Waals surface area contributed by atoms with Gasteiger partial charge in [0.2, 0.25) is 5.95 Å². The Balaban J connectivity index is 1.24. The average molecular weight is 508 g/mol. The third-order valence-corrected chi connectivity index (χ3v) is 8.47. The molecule has 0 amide bonds. The molecule has 1 aliphatic carbocycles. The Morgan fingerprint density at radius 2 is 1.89 bits per heavy atom. The number of aliphatic hydroxyl groups excluding tert-OH is 1. The van der Waals surface area contributed by atoms with E-state index in [9.17, 15) is 10.4 Å². The van der Waals surface area contributed by atoms with Gasteiger partial charge in [-0.05, 0) is 81.8 Å². The van der Waals surface area contributed by atoms with E-state index in [1.54, 1.807) is 12.4 Å². The molecule has 8 heteroatoms. The summed E-state index contributed by atoms with van der Waals surface area (Å²) in [5, 5.41) is 24.3. The van der Waals surface area contributed by atoms with Crippen LogP contribution in [0.5, 0.6) is 0 Å². The first-order chi connectivity index (χ1) is 18.4. The molecule has 6 rings (SSSR count). The summed E-state index contributed by atoms with van der Waals surface area (Å²) in [4.78, 5) is 16.1. The third kappa shape index (κ3) is 4.22. The highest BCUT2D eigenvalue weighted by molar-refractivity contribution is 5.68. The molecule has 2 fully saturated rings. The smallest absolute Gasteiger partial charge is 0.223 e. The Kier molecular flexibility index (Phi) is 6.13. The number of aromatic nitrogens is 4. The number of anilines is 1. The van der Waals surface area contributed by atoms with Crippen molar-refractivity contribution in [2.45, 2.75) is 63.1 Å². The topological polar surface area (TPSA) is 102 Å². The van der Waals surface area contributed by atoms with E-state index in [1.165, 1.54) is 18.4 Å². The van der Waals surface area contributed by atoms with Crippen LogP contribution in [0.4, 0.5) is 5.95 Å². The molecule has 8 nitrogen and oxygen atoms in total. The van der Waals surface area contributed by atoms with Gasteiger partial charge in [-0.15, -0.1) is 0 Å². The standard InChI is InChI=1S/C30H33N7O/c1-19(20-7-11-22(12-8-20)27(38)30(2)13-5-14-36(30)3)34-29-33-17-23(16-31)26(35-29)25-18-32-28-24(21-9-10-21)6-4-15-37(25)28/h4,6-8,11-12,15,17-19,21,27,38H,5,9-10,13-14H2,1-3H3,(H,33,34,35)/t19?,27-,30?/m0/s1. The first-order valence-electron chi connectivity index (χ1n) is 13.4. The molecule has 0 spiro atoms. The van der Waals surface area contributed by atoms with Crippen molar-refractivity contribution in [3.63, 3.8) is 0 Å². The number of benzene rings is 1. The van der Waals surface area contributed by atoms with Gasteiger partial charge < -0.3 is 10.4 Å². The number of likely N-dealkylation sites (N-methyl/N-ethyl adjacent to an activating group) is 1. The lowest BCUT2D eigenvalue weighted by atomic mass is 9.86. The van der Waals surface area contributed by atoms with Crippen LogP contribution in [-0.4, -0.2) is 48.5 Å². The van der Waals surface area contributed by atoms with E-state index < -0.39 is 6.10 Å². The summed E-state index contributed by atoms with van der Waals surface area (Å²) < 4.78 is 2.02. The molecule has 2 aliphatic rings. The van der Waals surface area contributed by atoms with Crippen LogP contribution in [0.2, 0.25) is 0 Å². The zero-order valence-corrected chi connectivity index (χ0v) is 22.1. The van der Waals surface area contributed by atoms with Gasteiger partial charge in [-0.2, -0.15) is 5.26 Å². The predicted octanol–water partition coefficient (Wildman–Crippen LogP) is 5.23. The van der Waals surface area contributed by atoms with Crippen LogP contribution in [0.25, 0.3) is 17.0 Å². The first-order valence-corrected chi connectivity index (χ1v) is 13.4. The summed E-state index contributed by atoms with van der Waals surface area (Å²) in [6.07, 6.45) is 9.28. The van der Waals surface area contributed by atoms with Crippen molar-refractivity contribution in [3.05, 3.63) is 77.2 Å². The minimum Gasteiger partial charge on any atom is -0.386 e. The number of hydrogen-bond donors (Lipinski definition) is 2. The van der Waals surface area contributed by atoms with Gasteiger partial charge in [0.05, 0.1) is 35.8 Å². The zero-order chi connectivity index (χ0) is 26.4. The Bertz CT molecular complexity index is 1520. The summed E-state index contributed by atoms with van der Waals surface area (Å²) >= 11 is 0. The fourth-order valence-electron chi connectivity index (χ4n) is 5.72. The third-order valence-electron chi connectivity index (χ3n) is 8.47. The molecule has 2 N–H and O–H groups in total. The van der Waals surface area contributed by atoms with Crippen LogP contribution in [0.3, 0.4) is 0 Å². The molecule has 3 atom stereocenters. The van der Waals surface area contributed by atoms with Gasteiger partial charge in [0.1, 0.15) is 17.4 Å². The lowest BCUT2D eigenvalue weighted by Gasteiger charge is -2.37. The van der Waals surface area contributed by atoms with Gasteiger partial charge in [-0.3, -0.25) is 9.30 Å². The van der Waals surface area contributed by atoms with Crippen molar-refractivity contribution < 1.29 is 5.11 Å². The van der Waals surface area contributed by atoms with Crippen LogP contribution in [0, 0.1) is 11.3 Å². The molecule has 4 aromatic rings. The number of hydrogen-bond acceptors (Lipinski definition) is 7. The van der Waals surface area contributed by atoms with Crippen molar-refractivity contribution in [1.29, 1.82) is 5.26 Å². The van der Waals surface area contributed by atoms with E-state index in [4.69, 9.17) is 4.98 Å². The number of pyridine rings is 1. The van der Waals surface area contributed by atoms with E-state index in [2.05, 4.69) is 53.2 Å². The lowest BCUT2D eigenvalue weighted by molar-refractivity contribution is 0.0158. The molecule has 194 valence electrons. The molecular weight excluding hydrogens is 474 g/mol. The van der Waals surface area contributed by atoms with Gasteiger partial charge in [-0.1, -0.05) is 30.3 Å². The van der Waals surface area contributed by atoms with E-state index >= 15 is 0 Å². The highest BCUT2D eigenvalue weighted by Crippen LogP contribution is 2.42. The fourth-order valence-corrected chi connectivity index (χ4v) is 5.72. The molecular formula is C30H33N7O. The second kappa shape index (κ2) is 9.50. The number of likely N-dealkylation sites (tertiary alicyclic amines) is 1. The zero-order valence-electron chi connectivity index (χ0n) is 22.1. The Morgan fingerprint density at radius 1 is 1.13 bits per heavy atom. The molecule has 3 aromatic heterocycles. The highest BCUT2D eigenvalue weighted by Gasteiger charge is 2.41. The number of nitriles is 1. The van der Waals surface area contributed by atoms with Gasteiger partial charge in [-0.25, -0.2) is 15.0 Å². The molecule has 0 radical (unpaired) electrons. The van der Waals surface area contributed by atoms with E-state index in [1.807, 2.05) is 40.9 Å². The number of imidazole rings is 1. The number of fused-ring (bicyclic) bond motifs is 1. The molecule has 2 unspecified atom stereocenters. The molecule has 0 bridgehead atoms. The highest BCUT2D eigenvalue weighted by atomic mass is 16.3. The Morgan fingerprint density at radius 3 is 2.58 bits per heavy atom. The molecule has 1 saturated heterocycles. The van der Waals surface area contributed by atoms with Crippen molar-refractivity contribution in [3.8, 4) is 17.5 Å². The normalized spacial score (nSPS) is 21.3. The quantitative estimate of drug-likeness (QED) is 0.353. The number of aliphatic hydroxyl groups is 1. The summed E-state index contributed by atoms with van der Waals surface area (Å²) in [5.41, 5.74) is 5.67. The minimum absolute atomic E-state index is 0.0737. The second-order valence-electron chi connectivity index (χ2n) is 11.0. The number of nitrogens with one attached hydrogen (secondary N) is 1. The molecule has 1 saturated carbocycles. The minimum atomic E-state index is -0.539. The maximum absolute atomic E-state index is 11.1. The van der Waals surface area contributed by atoms with Crippen molar-refractivity contribution >= 4 is 11.6 Å². The van der Waals surface area contributed by atoms with Crippen molar-refractivity contribution in [2.75, 3.05) is 18.9 Å². The fraction of sp³-hybridized carbons (Fsp3) is 0.400. The van der Waals surface area contributed by atoms with Crippen LogP contribution < -0.4 is 5.32 Å². The van der Waals surface area contributed by atoms with Crippen LogP contribution >= 0.6 is 0 Å². The maximum atomic E-state index is 11.1. The molecule has 38 heavy (non-hydrogen) atoms. The van der Waals surface area contributed by atoms with E-state index in [0.29, 0.717) is 23.1 Å². The summed E-state index contributed by atoms with van der Waals surface area (Å²) in [7, 11) is 2.08.